The fourth-order valence-electron chi connectivity index (χ4n) is 5.32. The Balaban J connectivity index is 1.40. The fraction of sp³-hybridized carbons (Fsp3) is 0.583. The van der Waals surface area contributed by atoms with Crippen LogP contribution in [0.2, 0.25) is 5.02 Å². The van der Waals surface area contributed by atoms with E-state index >= 15 is 0 Å². The average Bonchev–Trinajstić information content (AvgIpc) is 3.52. The third-order valence-corrected chi connectivity index (χ3v) is 7.62. The van der Waals surface area contributed by atoms with Crippen LogP contribution in [0, 0.1) is 24.6 Å². The van der Waals surface area contributed by atoms with Crippen LogP contribution in [0.25, 0.3) is 0 Å². The van der Waals surface area contributed by atoms with Crippen molar-refractivity contribution in [2.45, 2.75) is 57.1 Å². The highest BCUT2D eigenvalue weighted by Gasteiger charge is 2.54. The SMILES string of the molecule is Cc1cc(NC(=O)C2CCC(C3(C(N)=O)NCN=C3C(=O)NCC3CCCO3)CC2)c(Cl)cc1F. The van der Waals surface area contributed by atoms with E-state index in [-0.39, 0.29) is 41.2 Å². The van der Waals surface area contributed by atoms with Gasteiger partial charge >= 0.3 is 0 Å². The number of aryl methyl sites for hydroxylation is 1. The summed E-state index contributed by atoms with van der Waals surface area (Å²) in [6, 6.07) is 2.68. The Kier molecular flexibility index (Phi) is 7.73. The lowest BCUT2D eigenvalue weighted by Crippen LogP contribution is -2.66. The molecule has 1 aromatic rings. The van der Waals surface area contributed by atoms with Crippen LogP contribution in [0.4, 0.5) is 10.1 Å². The highest BCUT2D eigenvalue weighted by molar-refractivity contribution is 6.47. The number of ether oxygens (including phenoxy) is 1. The molecule has 2 heterocycles. The van der Waals surface area contributed by atoms with Crippen molar-refractivity contribution in [2.24, 2.45) is 22.6 Å². The van der Waals surface area contributed by atoms with Gasteiger partial charge in [-0.3, -0.25) is 24.7 Å². The molecule has 2 unspecified atom stereocenters. The molecule has 0 radical (unpaired) electrons. The number of carbonyl (C=O) groups is 3. The Labute approximate surface area is 208 Å². The molecule has 0 bridgehead atoms. The number of nitrogens with two attached hydrogens (primary N) is 1. The van der Waals surface area contributed by atoms with Crippen LogP contribution in [0.15, 0.2) is 17.1 Å². The Bertz CT molecular complexity index is 1040. The number of halogens is 2. The maximum atomic E-state index is 13.7. The predicted octanol–water partition coefficient (Wildman–Crippen LogP) is 2.05. The Hall–Kier alpha value is -2.56. The van der Waals surface area contributed by atoms with E-state index in [1.807, 2.05) is 0 Å². The number of hydrogen-bond donors (Lipinski definition) is 4. The van der Waals surface area contributed by atoms with Gasteiger partial charge in [0.1, 0.15) is 17.1 Å². The van der Waals surface area contributed by atoms with Crippen LogP contribution in [0.3, 0.4) is 0 Å². The van der Waals surface area contributed by atoms with Crippen molar-refractivity contribution in [1.29, 1.82) is 0 Å². The van der Waals surface area contributed by atoms with Gasteiger partial charge in [-0.1, -0.05) is 11.6 Å². The van der Waals surface area contributed by atoms with Crippen LogP contribution < -0.4 is 21.7 Å². The summed E-state index contributed by atoms with van der Waals surface area (Å²) in [5, 5.41) is 8.84. The third-order valence-electron chi connectivity index (χ3n) is 7.30. The molecule has 1 aliphatic carbocycles. The van der Waals surface area contributed by atoms with E-state index < -0.39 is 23.2 Å². The van der Waals surface area contributed by atoms with E-state index in [2.05, 4.69) is 20.9 Å². The van der Waals surface area contributed by atoms with Crippen LogP contribution in [0.5, 0.6) is 0 Å². The monoisotopic (exact) mass is 507 g/mol. The maximum Gasteiger partial charge on any atom is 0.267 e. The van der Waals surface area contributed by atoms with E-state index in [1.54, 1.807) is 6.92 Å². The number of nitrogens with zero attached hydrogens (tertiary/aromatic N) is 1. The first-order valence-corrected chi connectivity index (χ1v) is 12.4. The van der Waals surface area contributed by atoms with E-state index in [9.17, 15) is 18.8 Å². The largest absolute Gasteiger partial charge is 0.376 e. The number of primary amides is 1. The van der Waals surface area contributed by atoms with E-state index in [0.717, 1.165) is 12.8 Å². The number of nitrogens with one attached hydrogen (secondary N) is 3. The first kappa shape index (κ1) is 25.5. The molecule has 0 spiro atoms. The van der Waals surface area contributed by atoms with Crippen molar-refractivity contribution in [2.75, 3.05) is 25.1 Å². The van der Waals surface area contributed by atoms with Crippen molar-refractivity contribution in [3.63, 3.8) is 0 Å². The first-order chi connectivity index (χ1) is 16.7. The van der Waals surface area contributed by atoms with Crippen molar-refractivity contribution in [1.82, 2.24) is 10.6 Å². The zero-order valence-electron chi connectivity index (χ0n) is 19.7. The van der Waals surface area contributed by atoms with Gasteiger partial charge in [0.15, 0.2) is 0 Å². The number of amides is 3. The standard InChI is InChI=1S/C24H31ClFN5O4/c1-13-9-19(17(25)10-18(13)26)31-21(32)14-4-6-15(7-5-14)24(23(27)34)20(29-12-30-24)22(33)28-11-16-3-2-8-35-16/h9-10,14-16,30H,2-8,11-12H2,1H3,(H2,27,34)(H,28,33)(H,31,32). The number of aliphatic imine (C=N–C) groups is 1. The summed E-state index contributed by atoms with van der Waals surface area (Å²) in [4.78, 5) is 42.8. The Morgan fingerprint density at radius 1 is 1.26 bits per heavy atom. The van der Waals surface area contributed by atoms with Gasteiger partial charge in [0.2, 0.25) is 11.8 Å². The number of carbonyl (C=O) groups excluding carboxylic acids is 3. The summed E-state index contributed by atoms with van der Waals surface area (Å²) in [5.41, 5.74) is 5.31. The second-order valence-corrected chi connectivity index (χ2v) is 9.89. The van der Waals surface area contributed by atoms with Gasteiger partial charge in [0.25, 0.3) is 5.91 Å². The number of benzene rings is 1. The minimum Gasteiger partial charge on any atom is -0.376 e. The summed E-state index contributed by atoms with van der Waals surface area (Å²) < 4.78 is 19.2. The predicted molar refractivity (Wildman–Crippen MR) is 130 cm³/mol. The molecule has 11 heteroatoms. The van der Waals surface area contributed by atoms with Crippen molar-refractivity contribution < 1.29 is 23.5 Å². The molecule has 2 fully saturated rings. The summed E-state index contributed by atoms with van der Waals surface area (Å²) in [6.45, 7) is 2.75. The molecule has 1 saturated heterocycles. The second-order valence-electron chi connectivity index (χ2n) is 9.48. The van der Waals surface area contributed by atoms with Crippen molar-refractivity contribution in [3.05, 3.63) is 28.5 Å². The quantitative estimate of drug-likeness (QED) is 0.448. The van der Waals surface area contributed by atoms with E-state index in [0.29, 0.717) is 50.1 Å². The second kappa shape index (κ2) is 10.6. The highest BCUT2D eigenvalue weighted by atomic mass is 35.5. The molecule has 190 valence electrons. The first-order valence-electron chi connectivity index (χ1n) is 12.0. The summed E-state index contributed by atoms with van der Waals surface area (Å²) in [6.07, 6.45) is 3.79. The van der Waals surface area contributed by atoms with E-state index in [4.69, 9.17) is 22.1 Å². The molecule has 35 heavy (non-hydrogen) atoms. The third kappa shape index (κ3) is 5.19. The zero-order chi connectivity index (χ0) is 25.2. The van der Waals surface area contributed by atoms with Crippen molar-refractivity contribution in [3.8, 4) is 0 Å². The van der Waals surface area contributed by atoms with Gasteiger partial charge in [-0.05, 0) is 69.1 Å². The maximum absolute atomic E-state index is 13.7. The average molecular weight is 508 g/mol. The summed E-state index contributed by atoms with van der Waals surface area (Å²) in [7, 11) is 0. The molecule has 1 saturated carbocycles. The molecule has 0 aromatic heterocycles. The van der Waals surface area contributed by atoms with Crippen LogP contribution in [0.1, 0.15) is 44.1 Å². The highest BCUT2D eigenvalue weighted by Crippen LogP contribution is 2.39. The van der Waals surface area contributed by atoms with Crippen LogP contribution in [-0.4, -0.2) is 54.9 Å². The number of hydrogen-bond acceptors (Lipinski definition) is 6. The van der Waals surface area contributed by atoms with Gasteiger partial charge in [-0.15, -0.1) is 0 Å². The molecular formula is C24H31ClFN5O4. The van der Waals surface area contributed by atoms with Gasteiger partial charge in [-0.25, -0.2) is 4.39 Å². The molecule has 9 nitrogen and oxygen atoms in total. The smallest absolute Gasteiger partial charge is 0.267 e. The Morgan fingerprint density at radius 3 is 2.66 bits per heavy atom. The number of anilines is 1. The zero-order valence-corrected chi connectivity index (χ0v) is 20.4. The molecule has 5 N–H and O–H groups in total. The minimum atomic E-state index is -1.38. The van der Waals surface area contributed by atoms with Gasteiger partial charge in [0, 0.05) is 19.1 Å². The Morgan fingerprint density at radius 2 is 2.00 bits per heavy atom. The van der Waals surface area contributed by atoms with Gasteiger partial charge < -0.3 is 21.1 Å². The fourth-order valence-corrected chi connectivity index (χ4v) is 5.51. The molecule has 2 atom stereocenters. The normalized spacial score (nSPS) is 28.4. The van der Waals surface area contributed by atoms with E-state index in [1.165, 1.54) is 12.1 Å². The van der Waals surface area contributed by atoms with Crippen molar-refractivity contribution >= 4 is 40.7 Å². The van der Waals surface area contributed by atoms with Crippen LogP contribution in [-0.2, 0) is 19.1 Å². The summed E-state index contributed by atoms with van der Waals surface area (Å²) >= 11 is 6.09. The molecule has 4 rings (SSSR count). The molecule has 2 aliphatic heterocycles. The topological polar surface area (TPSA) is 135 Å². The lowest BCUT2D eigenvalue weighted by molar-refractivity contribution is -0.126. The van der Waals surface area contributed by atoms with Gasteiger partial charge in [-0.2, -0.15) is 0 Å². The molecule has 1 aromatic carbocycles. The van der Waals surface area contributed by atoms with Crippen LogP contribution >= 0.6 is 11.6 Å². The number of rotatable bonds is 7. The summed E-state index contributed by atoms with van der Waals surface area (Å²) in [5.74, 6) is -2.32. The molecule has 3 amide bonds. The lowest BCUT2D eigenvalue weighted by Gasteiger charge is -2.39. The molecular weight excluding hydrogens is 477 g/mol. The molecule has 3 aliphatic rings. The van der Waals surface area contributed by atoms with Gasteiger partial charge in [0.05, 0.1) is 23.5 Å². The minimum absolute atomic E-state index is 0.0377. The lowest BCUT2D eigenvalue weighted by atomic mass is 9.69.